The van der Waals surface area contributed by atoms with Crippen LogP contribution in [0.3, 0.4) is 0 Å². The van der Waals surface area contributed by atoms with E-state index in [1.54, 1.807) is 6.07 Å². The van der Waals surface area contributed by atoms with E-state index in [4.69, 9.17) is 9.26 Å². The predicted octanol–water partition coefficient (Wildman–Crippen LogP) is 5.80. The SMILES string of the molecule is COc1cccc(-c2nc3cn[n+](Cc4cc(-c5ccc(C(F)(F)F)cc5C(F)(F)F)no4)cc3[nH]2)c1F. The van der Waals surface area contributed by atoms with E-state index in [0.717, 1.165) is 0 Å². The molecule has 0 aliphatic rings. The summed E-state index contributed by atoms with van der Waals surface area (Å²) < 4.78 is 106. The summed E-state index contributed by atoms with van der Waals surface area (Å²) in [5.41, 5.74) is -2.72. The van der Waals surface area contributed by atoms with Crippen LogP contribution in [0.2, 0.25) is 0 Å². The number of nitrogens with one attached hydrogen (secondary N) is 1. The Morgan fingerprint density at radius 1 is 1.00 bits per heavy atom. The summed E-state index contributed by atoms with van der Waals surface area (Å²) >= 11 is 0. The Hall–Kier alpha value is -4.49. The maximum atomic E-state index is 14.6. The van der Waals surface area contributed by atoms with Crippen molar-refractivity contribution in [2.45, 2.75) is 18.9 Å². The predicted molar refractivity (Wildman–Crippen MR) is 117 cm³/mol. The highest BCUT2D eigenvalue weighted by atomic mass is 19.4. The number of benzene rings is 2. The topological polar surface area (TPSA) is 80.7 Å². The third kappa shape index (κ3) is 4.76. The molecule has 0 fully saturated rings. The summed E-state index contributed by atoms with van der Waals surface area (Å²) in [5, 5.41) is 7.78. The lowest BCUT2D eigenvalue weighted by molar-refractivity contribution is -0.746. The van der Waals surface area contributed by atoms with E-state index in [-0.39, 0.29) is 41.2 Å². The molecule has 3 aromatic heterocycles. The highest BCUT2D eigenvalue weighted by Crippen LogP contribution is 2.40. The zero-order valence-electron chi connectivity index (χ0n) is 19.2. The van der Waals surface area contributed by atoms with Crippen LogP contribution in [0.15, 0.2) is 59.4 Å². The lowest BCUT2D eigenvalue weighted by Crippen LogP contribution is -2.37. The molecule has 38 heavy (non-hydrogen) atoms. The van der Waals surface area contributed by atoms with Gasteiger partial charge in [-0.15, -0.1) is 0 Å². The molecule has 0 aliphatic carbocycles. The zero-order valence-corrected chi connectivity index (χ0v) is 19.2. The van der Waals surface area contributed by atoms with Crippen molar-refractivity contribution < 1.29 is 44.7 Å². The second kappa shape index (κ2) is 9.11. The van der Waals surface area contributed by atoms with Gasteiger partial charge in [0.15, 0.2) is 11.6 Å². The van der Waals surface area contributed by atoms with Crippen molar-refractivity contribution in [1.29, 1.82) is 0 Å². The van der Waals surface area contributed by atoms with Gasteiger partial charge in [-0.1, -0.05) is 22.0 Å². The molecule has 0 radical (unpaired) electrons. The van der Waals surface area contributed by atoms with Crippen LogP contribution in [0, 0.1) is 5.82 Å². The summed E-state index contributed by atoms with van der Waals surface area (Å²) in [6.07, 6.45) is -7.09. The molecule has 2 aromatic carbocycles. The molecular weight excluding hydrogens is 523 g/mol. The minimum atomic E-state index is -5.06. The molecule has 0 aliphatic heterocycles. The van der Waals surface area contributed by atoms with Crippen LogP contribution in [-0.2, 0) is 18.9 Å². The van der Waals surface area contributed by atoms with Gasteiger partial charge in [0.2, 0.25) is 18.5 Å². The zero-order chi connectivity index (χ0) is 27.2. The first-order valence-electron chi connectivity index (χ1n) is 10.8. The van der Waals surface area contributed by atoms with Gasteiger partial charge < -0.3 is 14.2 Å². The summed E-state index contributed by atoms with van der Waals surface area (Å²) in [7, 11) is 1.34. The summed E-state index contributed by atoms with van der Waals surface area (Å²) in [6.45, 7) is -0.0766. The molecule has 3 heterocycles. The van der Waals surface area contributed by atoms with E-state index in [1.807, 2.05) is 0 Å². The standard InChI is InChI=1S/C24H14F7N5O2/c1-37-20-4-2-3-15(21(20)25)22-33-18-9-32-36(11-19(18)34-22)10-13-8-17(35-38-13)14-6-5-12(23(26,27)28)7-16(14)24(29,30)31/h2-9,11H,10H2,1H3/p+1. The molecule has 0 saturated heterocycles. The number of hydrogen-bond acceptors (Lipinski definition) is 5. The Morgan fingerprint density at radius 3 is 2.50 bits per heavy atom. The normalized spacial score (nSPS) is 12.3. The number of methoxy groups -OCH3 is 1. The maximum absolute atomic E-state index is 14.6. The third-order valence-electron chi connectivity index (χ3n) is 5.61. The average Bonchev–Trinajstić information content (AvgIpc) is 3.49. The number of H-pyrrole nitrogens is 1. The molecule has 0 amide bonds. The van der Waals surface area contributed by atoms with E-state index in [2.05, 4.69) is 20.2 Å². The second-order valence-corrected chi connectivity index (χ2v) is 8.11. The highest BCUT2D eigenvalue weighted by molar-refractivity contribution is 5.77. The van der Waals surface area contributed by atoms with Crippen molar-refractivity contribution in [3.05, 3.63) is 77.6 Å². The fourth-order valence-electron chi connectivity index (χ4n) is 3.83. The van der Waals surface area contributed by atoms with Crippen LogP contribution in [0.5, 0.6) is 5.75 Å². The first kappa shape index (κ1) is 25.2. The van der Waals surface area contributed by atoms with E-state index >= 15 is 0 Å². The van der Waals surface area contributed by atoms with Gasteiger partial charge in [0.05, 0.1) is 23.8 Å². The minimum Gasteiger partial charge on any atom is -0.494 e. The summed E-state index contributed by atoms with van der Waals surface area (Å²) in [4.78, 5) is 7.29. The number of ether oxygens (including phenoxy) is 1. The van der Waals surface area contributed by atoms with Crippen molar-refractivity contribution >= 4 is 11.0 Å². The van der Waals surface area contributed by atoms with Gasteiger partial charge in [-0.3, -0.25) is 0 Å². The van der Waals surface area contributed by atoms with Crippen LogP contribution >= 0.6 is 0 Å². The molecule has 5 rings (SSSR count). The van der Waals surface area contributed by atoms with Gasteiger partial charge in [0, 0.05) is 11.6 Å². The van der Waals surface area contributed by atoms with Crippen molar-refractivity contribution in [3.8, 4) is 28.4 Å². The van der Waals surface area contributed by atoms with Crippen LogP contribution in [0.25, 0.3) is 33.7 Å². The van der Waals surface area contributed by atoms with Crippen molar-refractivity contribution in [2.24, 2.45) is 0 Å². The molecule has 196 valence electrons. The fraction of sp³-hybridized carbons (Fsp3) is 0.167. The Labute approximate surface area is 208 Å². The number of aromatic nitrogens is 5. The molecular formula is C24H15F7N5O2+. The number of alkyl halides is 6. The van der Waals surface area contributed by atoms with Gasteiger partial charge in [0.25, 0.3) is 0 Å². The lowest BCUT2D eigenvalue weighted by Gasteiger charge is -2.14. The number of rotatable bonds is 5. The first-order valence-corrected chi connectivity index (χ1v) is 10.8. The molecule has 0 atom stereocenters. The van der Waals surface area contributed by atoms with E-state index in [0.29, 0.717) is 23.2 Å². The van der Waals surface area contributed by atoms with E-state index in [1.165, 1.54) is 42.4 Å². The van der Waals surface area contributed by atoms with Gasteiger partial charge >= 0.3 is 12.4 Å². The smallest absolute Gasteiger partial charge is 0.417 e. The molecule has 14 heteroatoms. The number of imidazole rings is 1. The summed E-state index contributed by atoms with van der Waals surface area (Å²) in [5.74, 6) is -0.257. The molecule has 0 unspecified atom stereocenters. The van der Waals surface area contributed by atoms with Crippen molar-refractivity contribution in [1.82, 2.24) is 20.2 Å². The van der Waals surface area contributed by atoms with E-state index < -0.39 is 34.9 Å². The van der Waals surface area contributed by atoms with Crippen LogP contribution in [-0.4, -0.2) is 27.3 Å². The lowest BCUT2D eigenvalue weighted by atomic mass is 10.0. The van der Waals surface area contributed by atoms with Crippen LogP contribution in [0.1, 0.15) is 16.9 Å². The Kier molecular flexibility index (Phi) is 6.04. The molecule has 0 saturated carbocycles. The molecule has 1 N–H and O–H groups in total. The van der Waals surface area contributed by atoms with Gasteiger partial charge in [-0.2, -0.15) is 26.3 Å². The molecule has 0 bridgehead atoms. The Balaban J connectivity index is 1.43. The average molecular weight is 538 g/mol. The molecule has 7 nitrogen and oxygen atoms in total. The maximum Gasteiger partial charge on any atom is 0.417 e. The van der Waals surface area contributed by atoms with Gasteiger partial charge in [-0.25, -0.2) is 9.37 Å². The van der Waals surface area contributed by atoms with Gasteiger partial charge in [-0.05, 0) is 29.4 Å². The molecule has 5 aromatic rings. The third-order valence-corrected chi connectivity index (χ3v) is 5.61. The largest absolute Gasteiger partial charge is 0.494 e. The fourth-order valence-corrected chi connectivity index (χ4v) is 3.83. The van der Waals surface area contributed by atoms with Gasteiger partial charge in [0.1, 0.15) is 28.7 Å². The summed E-state index contributed by atoms with van der Waals surface area (Å²) in [6, 6.07) is 7.05. The number of hydrogen-bond donors (Lipinski definition) is 1. The number of halogens is 7. The first-order chi connectivity index (χ1) is 17.9. The Bertz CT molecular complexity index is 1640. The van der Waals surface area contributed by atoms with Crippen molar-refractivity contribution in [2.75, 3.05) is 7.11 Å². The monoisotopic (exact) mass is 538 g/mol. The van der Waals surface area contributed by atoms with Crippen LogP contribution < -0.4 is 9.42 Å². The number of aromatic amines is 1. The molecule has 0 spiro atoms. The highest BCUT2D eigenvalue weighted by Gasteiger charge is 2.39. The second-order valence-electron chi connectivity index (χ2n) is 8.11. The minimum absolute atomic E-state index is 0.0366. The Morgan fingerprint density at radius 2 is 1.79 bits per heavy atom. The quantitative estimate of drug-likeness (QED) is 0.226. The van der Waals surface area contributed by atoms with Crippen molar-refractivity contribution in [3.63, 3.8) is 0 Å². The number of nitrogens with zero attached hydrogens (tertiary/aromatic N) is 4. The van der Waals surface area contributed by atoms with Crippen LogP contribution in [0.4, 0.5) is 30.7 Å². The van der Waals surface area contributed by atoms with E-state index in [9.17, 15) is 30.7 Å². The number of fused-ring (bicyclic) bond motifs is 1.